The van der Waals surface area contributed by atoms with Crippen molar-refractivity contribution in [3.05, 3.63) is 64.3 Å². The van der Waals surface area contributed by atoms with Gasteiger partial charge in [0.15, 0.2) is 5.17 Å². The van der Waals surface area contributed by atoms with Crippen LogP contribution in [0.2, 0.25) is 0 Å². The SMILES string of the molecule is CCN1C(=O)/C(=C\c2cc3c(cc2F)N(CC)C(C)(C)C=C3C)SC1=Nc1ccc(N2CCOCC2)cc1. The minimum atomic E-state index is -0.333. The Hall–Kier alpha value is -3.10. The first-order valence-electron chi connectivity index (χ1n) is 13.3. The lowest BCUT2D eigenvalue weighted by atomic mass is 9.88. The number of ether oxygens (including phenoxy) is 1. The number of allylic oxidation sites excluding steroid dienone is 1. The molecule has 0 bridgehead atoms. The van der Waals surface area contributed by atoms with Gasteiger partial charge in [0.2, 0.25) is 0 Å². The molecule has 6 nitrogen and oxygen atoms in total. The highest BCUT2D eigenvalue weighted by Gasteiger charge is 2.34. The van der Waals surface area contributed by atoms with Crippen molar-refractivity contribution in [2.24, 2.45) is 4.99 Å². The van der Waals surface area contributed by atoms with Crippen molar-refractivity contribution < 1.29 is 13.9 Å². The zero-order valence-electron chi connectivity index (χ0n) is 22.8. The van der Waals surface area contributed by atoms with Gasteiger partial charge >= 0.3 is 0 Å². The molecule has 0 unspecified atom stereocenters. The third-order valence-electron chi connectivity index (χ3n) is 7.35. The molecule has 0 radical (unpaired) electrons. The van der Waals surface area contributed by atoms with Gasteiger partial charge in [-0.25, -0.2) is 9.38 Å². The van der Waals surface area contributed by atoms with Gasteiger partial charge in [0.1, 0.15) is 5.82 Å². The van der Waals surface area contributed by atoms with Crippen LogP contribution >= 0.6 is 11.8 Å². The highest BCUT2D eigenvalue weighted by atomic mass is 32.2. The Morgan fingerprint density at radius 3 is 2.47 bits per heavy atom. The summed E-state index contributed by atoms with van der Waals surface area (Å²) in [5.74, 6) is -0.484. The maximum atomic E-state index is 15.4. The Kier molecular flexibility index (Phi) is 7.38. The fraction of sp³-hybridized carbons (Fsp3) is 0.400. The number of likely N-dealkylation sites (N-methyl/N-ethyl adjacent to an activating group) is 2. The molecule has 0 saturated carbocycles. The number of rotatable bonds is 5. The Balaban J connectivity index is 1.43. The smallest absolute Gasteiger partial charge is 0.266 e. The van der Waals surface area contributed by atoms with Crippen molar-refractivity contribution in [2.45, 2.75) is 40.2 Å². The fourth-order valence-corrected chi connectivity index (χ4v) is 6.54. The third-order valence-corrected chi connectivity index (χ3v) is 8.36. The molecule has 0 N–H and O–H groups in total. The number of morpholine rings is 1. The van der Waals surface area contributed by atoms with Gasteiger partial charge in [-0.05, 0) is 94.4 Å². The van der Waals surface area contributed by atoms with Gasteiger partial charge in [-0.3, -0.25) is 9.69 Å². The lowest BCUT2D eigenvalue weighted by Gasteiger charge is -2.42. The van der Waals surface area contributed by atoms with Crippen LogP contribution in [-0.4, -0.2) is 60.9 Å². The number of fused-ring (bicyclic) bond motifs is 1. The van der Waals surface area contributed by atoms with E-state index < -0.39 is 0 Å². The Morgan fingerprint density at radius 1 is 1.11 bits per heavy atom. The number of hydrogen-bond acceptors (Lipinski definition) is 6. The van der Waals surface area contributed by atoms with Crippen molar-refractivity contribution >= 4 is 51.5 Å². The van der Waals surface area contributed by atoms with Crippen LogP contribution in [-0.2, 0) is 9.53 Å². The molecule has 3 aliphatic heterocycles. The second kappa shape index (κ2) is 10.6. The molecule has 0 atom stereocenters. The summed E-state index contributed by atoms with van der Waals surface area (Å²) in [6, 6.07) is 11.5. The van der Waals surface area contributed by atoms with Gasteiger partial charge in [0, 0.05) is 48.7 Å². The van der Waals surface area contributed by atoms with E-state index >= 15 is 4.39 Å². The van der Waals surface area contributed by atoms with Crippen LogP contribution in [0.1, 0.15) is 45.7 Å². The second-order valence-electron chi connectivity index (χ2n) is 10.3. The summed E-state index contributed by atoms with van der Waals surface area (Å²) >= 11 is 1.29. The number of thioether (sulfide) groups is 1. The zero-order valence-corrected chi connectivity index (χ0v) is 23.6. The van der Waals surface area contributed by atoms with Gasteiger partial charge in [-0.2, -0.15) is 0 Å². The van der Waals surface area contributed by atoms with E-state index in [-0.39, 0.29) is 17.3 Å². The lowest BCUT2D eigenvalue weighted by Crippen LogP contribution is -2.45. The molecule has 0 aromatic heterocycles. The van der Waals surface area contributed by atoms with E-state index in [1.54, 1.807) is 17.0 Å². The van der Waals surface area contributed by atoms with Crippen LogP contribution in [0.4, 0.5) is 21.5 Å². The first-order valence-corrected chi connectivity index (χ1v) is 14.1. The average molecular weight is 535 g/mol. The molecular formula is C30H35FN4O2S. The molecular weight excluding hydrogens is 499 g/mol. The summed E-state index contributed by atoms with van der Waals surface area (Å²) < 4.78 is 20.8. The predicted molar refractivity (Wildman–Crippen MR) is 157 cm³/mol. The zero-order chi connectivity index (χ0) is 27.0. The molecule has 2 aromatic rings. The van der Waals surface area contributed by atoms with E-state index in [0.29, 0.717) is 22.2 Å². The summed E-state index contributed by atoms with van der Waals surface area (Å²) in [5, 5.41) is 0.608. The highest BCUT2D eigenvalue weighted by molar-refractivity contribution is 8.18. The summed E-state index contributed by atoms with van der Waals surface area (Å²) in [7, 11) is 0. The number of halogens is 1. The number of anilines is 2. The van der Waals surface area contributed by atoms with E-state index in [2.05, 4.69) is 55.7 Å². The Labute approximate surface area is 228 Å². The minimum absolute atomic E-state index is 0.151. The molecule has 38 heavy (non-hydrogen) atoms. The number of aliphatic imine (C=N–C) groups is 1. The molecule has 0 spiro atoms. The van der Waals surface area contributed by atoms with E-state index in [4.69, 9.17) is 9.73 Å². The summed E-state index contributed by atoms with van der Waals surface area (Å²) in [6.45, 7) is 14.8. The van der Waals surface area contributed by atoms with Crippen LogP contribution in [0.15, 0.2) is 52.4 Å². The normalized spacial score (nSPS) is 21.4. The number of amides is 1. The van der Waals surface area contributed by atoms with Gasteiger partial charge in [-0.1, -0.05) is 6.08 Å². The number of amidine groups is 1. The predicted octanol–water partition coefficient (Wildman–Crippen LogP) is 6.31. The van der Waals surface area contributed by atoms with Crippen molar-refractivity contribution in [1.29, 1.82) is 0 Å². The molecule has 2 saturated heterocycles. The van der Waals surface area contributed by atoms with Crippen molar-refractivity contribution in [1.82, 2.24) is 4.90 Å². The number of hydrogen-bond donors (Lipinski definition) is 0. The fourth-order valence-electron chi connectivity index (χ4n) is 5.48. The van der Waals surface area contributed by atoms with Gasteiger partial charge in [0.25, 0.3) is 5.91 Å². The van der Waals surface area contributed by atoms with E-state index in [9.17, 15) is 4.79 Å². The molecule has 3 heterocycles. The molecule has 3 aliphatic rings. The molecule has 8 heteroatoms. The van der Waals surface area contributed by atoms with E-state index in [0.717, 1.165) is 61.0 Å². The average Bonchev–Trinajstić information content (AvgIpc) is 3.19. The largest absolute Gasteiger partial charge is 0.378 e. The Morgan fingerprint density at radius 2 is 1.82 bits per heavy atom. The lowest BCUT2D eigenvalue weighted by molar-refractivity contribution is -0.122. The molecule has 2 aromatic carbocycles. The van der Waals surface area contributed by atoms with Gasteiger partial charge in [-0.15, -0.1) is 0 Å². The quantitative estimate of drug-likeness (QED) is 0.421. The van der Waals surface area contributed by atoms with Crippen molar-refractivity contribution in [3.63, 3.8) is 0 Å². The maximum Gasteiger partial charge on any atom is 0.266 e. The number of carbonyl (C=O) groups is 1. The summed E-state index contributed by atoms with van der Waals surface area (Å²) in [5.41, 5.74) is 5.13. The van der Waals surface area contributed by atoms with Crippen LogP contribution in [0.25, 0.3) is 11.6 Å². The third kappa shape index (κ3) is 4.99. The summed E-state index contributed by atoms with van der Waals surface area (Å²) in [6.07, 6.45) is 3.88. The van der Waals surface area contributed by atoms with Crippen LogP contribution < -0.4 is 9.80 Å². The first-order chi connectivity index (χ1) is 18.2. The Bertz CT molecular complexity index is 1330. The molecule has 5 rings (SSSR count). The standard InChI is InChI=1S/C30H35FN4O2S/c1-6-34-28(36)27(38-29(34)32-22-8-10-23(11-9-22)33-12-14-37-15-13-33)17-21-16-24-20(3)19-30(4,5)35(7-2)26(24)18-25(21)31/h8-11,16-19H,6-7,12-15H2,1-5H3/b27-17+,32-29?. The van der Waals surface area contributed by atoms with Crippen LogP contribution in [0.5, 0.6) is 0 Å². The van der Waals surface area contributed by atoms with E-state index in [1.807, 2.05) is 25.1 Å². The van der Waals surface area contributed by atoms with Crippen LogP contribution in [0.3, 0.4) is 0 Å². The number of benzene rings is 2. The topological polar surface area (TPSA) is 48.4 Å². The second-order valence-corrected chi connectivity index (χ2v) is 11.3. The maximum absolute atomic E-state index is 15.4. The summed E-state index contributed by atoms with van der Waals surface area (Å²) in [4.78, 5) is 24.6. The van der Waals surface area contributed by atoms with Crippen molar-refractivity contribution in [2.75, 3.05) is 49.2 Å². The number of carbonyl (C=O) groups excluding carboxylic acids is 1. The number of nitrogens with zero attached hydrogens (tertiary/aromatic N) is 4. The molecule has 0 aliphatic carbocycles. The molecule has 2 fully saturated rings. The van der Waals surface area contributed by atoms with E-state index in [1.165, 1.54) is 11.8 Å². The highest BCUT2D eigenvalue weighted by Crippen LogP contribution is 2.41. The van der Waals surface area contributed by atoms with Crippen molar-refractivity contribution in [3.8, 4) is 0 Å². The minimum Gasteiger partial charge on any atom is -0.378 e. The molecule has 200 valence electrons. The van der Waals surface area contributed by atoms with Gasteiger partial charge in [0.05, 0.1) is 29.3 Å². The first kappa shape index (κ1) is 26.5. The van der Waals surface area contributed by atoms with Gasteiger partial charge < -0.3 is 14.5 Å². The van der Waals surface area contributed by atoms with Crippen LogP contribution in [0, 0.1) is 5.82 Å². The monoisotopic (exact) mass is 534 g/mol. The molecule has 1 amide bonds.